The van der Waals surface area contributed by atoms with E-state index in [1.807, 2.05) is 13.8 Å². The largest absolute Gasteiger partial charge is 0.373 e. The molecule has 12 heavy (non-hydrogen) atoms. The van der Waals surface area contributed by atoms with Crippen molar-refractivity contribution in [2.45, 2.75) is 34.1 Å². The van der Waals surface area contributed by atoms with Crippen molar-refractivity contribution < 1.29 is 9.53 Å². The van der Waals surface area contributed by atoms with E-state index < -0.39 is 0 Å². The number of carbonyl (C=O) groups is 1. The number of rotatable bonds is 6. The van der Waals surface area contributed by atoms with Gasteiger partial charge in [0.2, 0.25) is 0 Å². The Morgan fingerprint density at radius 1 is 1.17 bits per heavy atom. The fraction of sp³-hybridized carbons (Fsp3) is 0.900. The van der Waals surface area contributed by atoms with Gasteiger partial charge in [0.05, 0.1) is 0 Å². The molecule has 0 unspecified atom stereocenters. The molecule has 0 aromatic heterocycles. The van der Waals surface area contributed by atoms with Crippen molar-refractivity contribution in [1.29, 1.82) is 0 Å². The summed E-state index contributed by atoms with van der Waals surface area (Å²) in [5, 5.41) is 0. The molecule has 0 fully saturated rings. The first-order valence-corrected chi connectivity index (χ1v) is 4.61. The zero-order valence-corrected chi connectivity index (χ0v) is 8.59. The minimum Gasteiger partial charge on any atom is -0.373 e. The van der Waals surface area contributed by atoms with Crippen molar-refractivity contribution in [3.63, 3.8) is 0 Å². The van der Waals surface area contributed by atoms with Crippen LogP contribution in [-0.2, 0) is 9.53 Å². The van der Waals surface area contributed by atoms with Crippen LogP contribution in [0.15, 0.2) is 0 Å². The van der Waals surface area contributed by atoms with Gasteiger partial charge in [0.25, 0.3) is 0 Å². The lowest BCUT2D eigenvalue weighted by Crippen LogP contribution is -2.13. The van der Waals surface area contributed by atoms with Gasteiger partial charge in [-0.15, -0.1) is 0 Å². The molecule has 72 valence electrons. The Labute approximate surface area is 75.3 Å². The summed E-state index contributed by atoms with van der Waals surface area (Å²) in [7, 11) is 0. The number of hydrogen-bond acceptors (Lipinski definition) is 2. The van der Waals surface area contributed by atoms with Gasteiger partial charge in [-0.3, -0.25) is 4.79 Å². The summed E-state index contributed by atoms with van der Waals surface area (Å²) in [6.45, 7) is 9.21. The predicted molar refractivity (Wildman–Crippen MR) is 50.1 cm³/mol. The van der Waals surface area contributed by atoms with E-state index in [9.17, 15) is 4.79 Å². The lowest BCUT2D eigenvalue weighted by atomic mass is 10.1. The molecule has 0 aliphatic carbocycles. The molecule has 0 amide bonds. The van der Waals surface area contributed by atoms with E-state index in [-0.39, 0.29) is 12.4 Å². The van der Waals surface area contributed by atoms with Crippen LogP contribution >= 0.6 is 0 Å². The van der Waals surface area contributed by atoms with Crippen LogP contribution in [0.4, 0.5) is 0 Å². The smallest absolute Gasteiger partial charge is 0.158 e. The third-order valence-corrected chi connectivity index (χ3v) is 1.35. The van der Waals surface area contributed by atoms with E-state index in [1.54, 1.807) is 0 Å². The van der Waals surface area contributed by atoms with Gasteiger partial charge in [-0.25, -0.2) is 0 Å². The number of hydrogen-bond donors (Lipinski definition) is 0. The van der Waals surface area contributed by atoms with Crippen LogP contribution in [0.1, 0.15) is 34.1 Å². The van der Waals surface area contributed by atoms with Crippen molar-refractivity contribution in [1.82, 2.24) is 0 Å². The van der Waals surface area contributed by atoms with Crippen molar-refractivity contribution in [2.24, 2.45) is 11.8 Å². The van der Waals surface area contributed by atoms with Gasteiger partial charge in [0.1, 0.15) is 6.61 Å². The normalized spacial score (nSPS) is 11.2. The monoisotopic (exact) mass is 172 g/mol. The Bertz CT molecular complexity index is 128. The highest BCUT2D eigenvalue weighted by atomic mass is 16.5. The maximum Gasteiger partial charge on any atom is 0.158 e. The molecular weight excluding hydrogens is 152 g/mol. The van der Waals surface area contributed by atoms with Crippen molar-refractivity contribution in [3.8, 4) is 0 Å². The lowest BCUT2D eigenvalue weighted by molar-refractivity contribution is -0.124. The third-order valence-electron chi connectivity index (χ3n) is 1.35. The van der Waals surface area contributed by atoms with Crippen molar-refractivity contribution in [3.05, 3.63) is 0 Å². The van der Waals surface area contributed by atoms with Gasteiger partial charge in [-0.2, -0.15) is 0 Å². The van der Waals surface area contributed by atoms with Gasteiger partial charge in [0, 0.05) is 13.0 Å². The predicted octanol–water partition coefficient (Wildman–Crippen LogP) is 2.27. The van der Waals surface area contributed by atoms with Crippen LogP contribution < -0.4 is 0 Å². The number of ketones is 1. The maximum absolute atomic E-state index is 11.1. The molecule has 2 heteroatoms. The minimum atomic E-state index is 0.214. The summed E-state index contributed by atoms with van der Waals surface area (Å²) in [4.78, 5) is 11.1. The van der Waals surface area contributed by atoms with E-state index in [1.165, 1.54) is 0 Å². The van der Waals surface area contributed by atoms with Crippen LogP contribution in [0, 0.1) is 11.8 Å². The molecule has 0 atom stereocenters. The molecule has 0 saturated carbocycles. The SMILES string of the molecule is CC(C)COCC(=O)CC(C)C. The molecule has 0 N–H and O–H groups in total. The van der Waals surface area contributed by atoms with Crippen LogP contribution in [0.3, 0.4) is 0 Å². The number of ether oxygens (including phenoxy) is 1. The average molecular weight is 172 g/mol. The molecule has 0 aliphatic heterocycles. The minimum absolute atomic E-state index is 0.214. The van der Waals surface area contributed by atoms with Crippen LogP contribution in [0.2, 0.25) is 0 Å². The lowest BCUT2D eigenvalue weighted by Gasteiger charge is -2.06. The summed E-state index contributed by atoms with van der Waals surface area (Å²) in [5.74, 6) is 1.17. The molecule has 0 saturated heterocycles. The Morgan fingerprint density at radius 2 is 1.75 bits per heavy atom. The van der Waals surface area contributed by atoms with Gasteiger partial charge in [-0.1, -0.05) is 27.7 Å². The van der Waals surface area contributed by atoms with E-state index in [2.05, 4.69) is 13.8 Å². The highest BCUT2D eigenvalue weighted by molar-refractivity contribution is 5.79. The molecule has 0 aromatic rings. The highest BCUT2D eigenvalue weighted by Gasteiger charge is 2.05. The maximum atomic E-state index is 11.1. The van der Waals surface area contributed by atoms with Crippen LogP contribution in [0.5, 0.6) is 0 Å². The van der Waals surface area contributed by atoms with Crippen LogP contribution in [0.25, 0.3) is 0 Å². The van der Waals surface area contributed by atoms with Gasteiger partial charge < -0.3 is 4.74 Å². The summed E-state index contributed by atoms with van der Waals surface area (Å²) in [5.41, 5.74) is 0. The third kappa shape index (κ3) is 7.73. The topological polar surface area (TPSA) is 26.3 Å². The molecule has 2 nitrogen and oxygen atoms in total. The zero-order chi connectivity index (χ0) is 9.56. The van der Waals surface area contributed by atoms with E-state index in [0.717, 1.165) is 0 Å². The second kappa shape index (κ2) is 6.18. The first-order valence-electron chi connectivity index (χ1n) is 4.61. The summed E-state index contributed by atoms with van der Waals surface area (Å²) < 4.78 is 5.21. The standard InChI is InChI=1S/C10H20O2/c1-8(2)5-10(11)7-12-6-9(3)4/h8-9H,5-7H2,1-4H3. The number of Topliss-reactive ketones (excluding diaryl/α,β-unsaturated/α-hetero) is 1. The van der Waals surface area contributed by atoms with Crippen molar-refractivity contribution >= 4 is 5.78 Å². The zero-order valence-electron chi connectivity index (χ0n) is 8.59. The van der Waals surface area contributed by atoms with Crippen LogP contribution in [-0.4, -0.2) is 19.0 Å². The van der Waals surface area contributed by atoms with E-state index >= 15 is 0 Å². The first-order chi connectivity index (χ1) is 5.52. The fourth-order valence-electron chi connectivity index (χ4n) is 0.923. The molecule has 0 rings (SSSR count). The molecule has 0 spiro atoms. The van der Waals surface area contributed by atoms with Gasteiger partial charge in [-0.05, 0) is 11.8 Å². The average Bonchev–Trinajstić information content (AvgIpc) is 1.84. The molecular formula is C10H20O2. The summed E-state index contributed by atoms with van der Waals surface area (Å²) >= 11 is 0. The number of carbonyl (C=O) groups excluding carboxylic acids is 1. The molecule has 0 bridgehead atoms. The van der Waals surface area contributed by atoms with Crippen molar-refractivity contribution in [2.75, 3.05) is 13.2 Å². The first kappa shape index (κ1) is 11.6. The van der Waals surface area contributed by atoms with Gasteiger partial charge >= 0.3 is 0 Å². The molecule has 0 radical (unpaired) electrons. The van der Waals surface area contributed by atoms with E-state index in [4.69, 9.17) is 4.74 Å². The Balaban J connectivity index is 3.32. The Morgan fingerprint density at radius 3 is 2.17 bits per heavy atom. The Kier molecular flexibility index (Phi) is 5.99. The second-order valence-corrected chi connectivity index (χ2v) is 4.05. The molecule has 0 aromatic carbocycles. The summed E-state index contributed by atoms with van der Waals surface area (Å²) in [6.07, 6.45) is 0.637. The Hall–Kier alpha value is -0.370. The molecule has 0 heterocycles. The summed E-state index contributed by atoms with van der Waals surface area (Å²) in [6, 6.07) is 0. The van der Waals surface area contributed by atoms with Gasteiger partial charge in [0.15, 0.2) is 5.78 Å². The van der Waals surface area contributed by atoms with E-state index in [0.29, 0.717) is 24.9 Å². The second-order valence-electron chi connectivity index (χ2n) is 4.05. The quantitative estimate of drug-likeness (QED) is 0.614. The fourth-order valence-corrected chi connectivity index (χ4v) is 0.923. The highest BCUT2D eigenvalue weighted by Crippen LogP contribution is 2.01. The molecule has 0 aliphatic rings.